The number of ether oxygens (including phenoxy) is 2. The number of hydrogen-bond acceptors (Lipinski definition) is 4. The quantitative estimate of drug-likeness (QED) is 0.781. The number of hydrogen-bond donors (Lipinski definition) is 2. The molecular formula is C20H20N2O4. The van der Waals surface area contributed by atoms with Crippen LogP contribution in [0.5, 0.6) is 11.5 Å². The van der Waals surface area contributed by atoms with E-state index in [0.717, 1.165) is 17.7 Å². The lowest BCUT2D eigenvalue weighted by Crippen LogP contribution is -2.25. The van der Waals surface area contributed by atoms with E-state index < -0.39 is 0 Å². The summed E-state index contributed by atoms with van der Waals surface area (Å²) in [5, 5.41) is 5.47. The molecule has 3 rings (SSSR count). The molecule has 0 spiro atoms. The molecule has 0 bridgehead atoms. The Kier molecular flexibility index (Phi) is 5.53. The van der Waals surface area contributed by atoms with E-state index >= 15 is 0 Å². The predicted octanol–water partition coefficient (Wildman–Crippen LogP) is 3.46. The number of nitrogens with one attached hydrogen (secondary N) is 2. The highest BCUT2D eigenvalue weighted by atomic mass is 16.5. The van der Waals surface area contributed by atoms with E-state index in [9.17, 15) is 9.59 Å². The fourth-order valence-electron chi connectivity index (χ4n) is 2.40. The lowest BCUT2D eigenvalue weighted by molar-refractivity contribution is -0.118. The maximum absolute atomic E-state index is 12.1. The molecule has 1 aliphatic heterocycles. The van der Waals surface area contributed by atoms with Crippen LogP contribution in [0, 0.1) is 0 Å². The van der Waals surface area contributed by atoms with Crippen LogP contribution < -0.4 is 20.1 Å². The van der Waals surface area contributed by atoms with Crippen LogP contribution in [0.1, 0.15) is 18.9 Å². The molecule has 2 aromatic rings. The third kappa shape index (κ3) is 4.63. The van der Waals surface area contributed by atoms with Gasteiger partial charge in [-0.25, -0.2) is 0 Å². The molecule has 0 saturated heterocycles. The van der Waals surface area contributed by atoms with Gasteiger partial charge in [0, 0.05) is 17.8 Å². The molecule has 0 atom stereocenters. The Morgan fingerprint density at radius 2 is 2.08 bits per heavy atom. The third-order valence-corrected chi connectivity index (χ3v) is 3.66. The fraction of sp³-hybridized carbons (Fsp3) is 0.200. The van der Waals surface area contributed by atoms with E-state index in [1.165, 1.54) is 6.08 Å². The molecule has 0 fully saturated rings. The molecule has 6 heteroatoms. The third-order valence-electron chi connectivity index (χ3n) is 3.66. The minimum atomic E-state index is -0.254. The van der Waals surface area contributed by atoms with Crippen LogP contribution in [0.2, 0.25) is 0 Å². The monoisotopic (exact) mass is 352 g/mol. The molecule has 2 amide bonds. The Balaban J connectivity index is 1.58. The van der Waals surface area contributed by atoms with Gasteiger partial charge in [-0.3, -0.25) is 9.59 Å². The summed E-state index contributed by atoms with van der Waals surface area (Å²) in [5.74, 6) is 0.906. The number of anilines is 2. The largest absolute Gasteiger partial charge is 0.494 e. The van der Waals surface area contributed by atoms with Crippen molar-refractivity contribution in [2.24, 2.45) is 0 Å². The first-order chi connectivity index (χ1) is 12.6. The highest BCUT2D eigenvalue weighted by Gasteiger charge is 2.16. The van der Waals surface area contributed by atoms with Crippen molar-refractivity contribution >= 4 is 29.3 Å². The molecule has 26 heavy (non-hydrogen) atoms. The molecule has 134 valence electrons. The number of amides is 2. The fourth-order valence-corrected chi connectivity index (χ4v) is 2.40. The Hall–Kier alpha value is -3.28. The number of carbonyl (C=O) groups excluding carboxylic acids is 2. The average molecular weight is 352 g/mol. The van der Waals surface area contributed by atoms with E-state index in [-0.39, 0.29) is 18.4 Å². The second-order valence-electron chi connectivity index (χ2n) is 5.79. The standard InChI is InChI=1S/C20H20N2O4/c1-2-11-25-16-7-3-14(4-8-16)5-10-19(23)21-15-6-9-17-18(12-15)26-13-20(24)22-17/h3-10,12H,2,11,13H2,1H3,(H,21,23)(H,22,24)/b10-5+. The van der Waals surface area contributed by atoms with Gasteiger partial charge in [0.15, 0.2) is 6.61 Å². The maximum Gasteiger partial charge on any atom is 0.262 e. The minimum absolute atomic E-state index is 0.0255. The predicted molar refractivity (Wildman–Crippen MR) is 100 cm³/mol. The van der Waals surface area contributed by atoms with Gasteiger partial charge in [0.05, 0.1) is 12.3 Å². The van der Waals surface area contributed by atoms with Crippen LogP contribution >= 0.6 is 0 Å². The molecule has 0 aliphatic carbocycles. The van der Waals surface area contributed by atoms with Gasteiger partial charge in [-0.2, -0.15) is 0 Å². The topological polar surface area (TPSA) is 76.7 Å². The van der Waals surface area contributed by atoms with Crippen LogP contribution in [-0.2, 0) is 9.59 Å². The van der Waals surface area contributed by atoms with Gasteiger partial charge in [-0.1, -0.05) is 19.1 Å². The first-order valence-corrected chi connectivity index (χ1v) is 8.42. The Morgan fingerprint density at radius 3 is 2.85 bits per heavy atom. The van der Waals surface area contributed by atoms with Gasteiger partial charge < -0.3 is 20.1 Å². The van der Waals surface area contributed by atoms with Crippen LogP contribution in [0.25, 0.3) is 6.08 Å². The molecule has 0 aromatic heterocycles. The number of rotatable bonds is 6. The summed E-state index contributed by atoms with van der Waals surface area (Å²) in [6.07, 6.45) is 4.15. The van der Waals surface area contributed by atoms with Crippen molar-refractivity contribution in [3.8, 4) is 11.5 Å². The van der Waals surface area contributed by atoms with E-state index in [2.05, 4.69) is 17.6 Å². The number of carbonyl (C=O) groups is 2. The molecule has 0 saturated carbocycles. The van der Waals surface area contributed by atoms with E-state index in [4.69, 9.17) is 9.47 Å². The van der Waals surface area contributed by atoms with Gasteiger partial charge in [0.2, 0.25) is 5.91 Å². The first-order valence-electron chi connectivity index (χ1n) is 8.42. The normalized spacial score (nSPS) is 12.9. The minimum Gasteiger partial charge on any atom is -0.494 e. The van der Waals surface area contributed by atoms with Gasteiger partial charge >= 0.3 is 0 Å². The van der Waals surface area contributed by atoms with Crippen LogP contribution in [0.15, 0.2) is 48.5 Å². The van der Waals surface area contributed by atoms with E-state index in [1.807, 2.05) is 24.3 Å². The van der Waals surface area contributed by atoms with Crippen molar-refractivity contribution in [2.45, 2.75) is 13.3 Å². The molecule has 1 aliphatic rings. The summed E-state index contributed by atoms with van der Waals surface area (Å²) in [5.41, 5.74) is 2.10. The molecule has 0 radical (unpaired) electrons. The number of benzene rings is 2. The SMILES string of the molecule is CCCOc1ccc(/C=C/C(=O)Nc2ccc3c(c2)OCC(=O)N3)cc1. The van der Waals surface area contributed by atoms with Crippen molar-refractivity contribution in [1.82, 2.24) is 0 Å². The first kappa shape index (κ1) is 17.5. The zero-order valence-electron chi connectivity index (χ0n) is 14.5. The molecule has 6 nitrogen and oxygen atoms in total. The molecule has 2 aromatic carbocycles. The van der Waals surface area contributed by atoms with Gasteiger partial charge in [-0.15, -0.1) is 0 Å². The molecule has 2 N–H and O–H groups in total. The highest BCUT2D eigenvalue weighted by molar-refractivity contribution is 6.02. The van der Waals surface area contributed by atoms with E-state index in [0.29, 0.717) is 23.7 Å². The zero-order valence-corrected chi connectivity index (χ0v) is 14.5. The number of fused-ring (bicyclic) bond motifs is 1. The Bertz CT molecular complexity index is 828. The van der Waals surface area contributed by atoms with Crippen molar-refractivity contribution in [2.75, 3.05) is 23.8 Å². The van der Waals surface area contributed by atoms with Crippen LogP contribution in [0.3, 0.4) is 0 Å². The van der Waals surface area contributed by atoms with Crippen molar-refractivity contribution in [3.63, 3.8) is 0 Å². The van der Waals surface area contributed by atoms with E-state index in [1.54, 1.807) is 24.3 Å². The molecule has 1 heterocycles. The van der Waals surface area contributed by atoms with Crippen molar-refractivity contribution in [1.29, 1.82) is 0 Å². The Morgan fingerprint density at radius 1 is 1.27 bits per heavy atom. The summed E-state index contributed by atoms with van der Waals surface area (Å²) >= 11 is 0. The second-order valence-corrected chi connectivity index (χ2v) is 5.79. The van der Waals surface area contributed by atoms with Crippen molar-refractivity contribution < 1.29 is 19.1 Å². The molecular weight excluding hydrogens is 332 g/mol. The summed E-state index contributed by atoms with van der Waals surface area (Å²) in [4.78, 5) is 23.3. The second kappa shape index (κ2) is 8.20. The maximum atomic E-state index is 12.1. The van der Waals surface area contributed by atoms with Gasteiger partial charge in [0.1, 0.15) is 11.5 Å². The molecule has 0 unspecified atom stereocenters. The summed E-state index contributed by atoms with van der Waals surface area (Å²) in [6.45, 7) is 2.72. The van der Waals surface area contributed by atoms with Gasteiger partial charge in [0.25, 0.3) is 5.91 Å². The van der Waals surface area contributed by atoms with Gasteiger partial charge in [-0.05, 0) is 42.3 Å². The lowest BCUT2D eigenvalue weighted by Gasteiger charge is -2.18. The average Bonchev–Trinajstić information content (AvgIpc) is 2.65. The van der Waals surface area contributed by atoms with Crippen molar-refractivity contribution in [3.05, 3.63) is 54.1 Å². The van der Waals surface area contributed by atoms with Crippen LogP contribution in [0.4, 0.5) is 11.4 Å². The summed E-state index contributed by atoms with van der Waals surface area (Å²) < 4.78 is 10.9. The zero-order chi connectivity index (χ0) is 18.4. The summed E-state index contributed by atoms with van der Waals surface area (Å²) in [7, 11) is 0. The smallest absolute Gasteiger partial charge is 0.262 e. The van der Waals surface area contributed by atoms with Crippen LogP contribution in [-0.4, -0.2) is 25.0 Å². The highest BCUT2D eigenvalue weighted by Crippen LogP contribution is 2.30. The summed E-state index contributed by atoms with van der Waals surface area (Å²) in [6, 6.07) is 12.6. The lowest BCUT2D eigenvalue weighted by atomic mass is 10.2. The Labute approximate surface area is 151 Å².